The first-order valence-electron chi connectivity index (χ1n) is 8.69. The van der Waals surface area contributed by atoms with E-state index in [0.29, 0.717) is 5.70 Å². The van der Waals surface area contributed by atoms with Crippen molar-refractivity contribution in [2.45, 2.75) is 19.3 Å². The Bertz CT molecular complexity index is 1010. The van der Waals surface area contributed by atoms with E-state index < -0.39 is 0 Å². The lowest BCUT2D eigenvalue weighted by Gasteiger charge is -2.23. The standard InChI is InChI=1S/C23H20N4/c1-23(2)19-11-7-8-12-21(19)27(3)22(23)14-13-20(26-18(15-24)16-25)17-9-5-4-6-10-17/h4-14H,1-3H3/b20-13-,22-14-. The van der Waals surface area contributed by atoms with E-state index in [4.69, 9.17) is 10.5 Å². The average Bonchev–Trinajstić information content (AvgIpc) is 2.89. The van der Waals surface area contributed by atoms with Crippen molar-refractivity contribution in [2.75, 3.05) is 11.9 Å². The van der Waals surface area contributed by atoms with Crippen LogP contribution in [-0.4, -0.2) is 12.8 Å². The van der Waals surface area contributed by atoms with E-state index in [-0.39, 0.29) is 11.1 Å². The molecule has 0 N–H and O–H groups in total. The van der Waals surface area contributed by atoms with Crippen LogP contribution in [0.5, 0.6) is 0 Å². The molecule has 2 aromatic rings. The number of aliphatic imine (C=N–C) groups is 1. The maximum atomic E-state index is 9.09. The van der Waals surface area contributed by atoms with Crippen LogP contribution in [0.2, 0.25) is 0 Å². The maximum absolute atomic E-state index is 9.09. The van der Waals surface area contributed by atoms with Gasteiger partial charge < -0.3 is 4.90 Å². The molecule has 0 aliphatic carbocycles. The van der Waals surface area contributed by atoms with Crippen LogP contribution in [-0.2, 0) is 5.41 Å². The van der Waals surface area contributed by atoms with E-state index in [1.54, 1.807) is 0 Å². The third kappa shape index (κ3) is 3.38. The molecule has 0 saturated carbocycles. The highest BCUT2D eigenvalue weighted by atomic mass is 15.2. The molecule has 0 aromatic heterocycles. The molecule has 27 heavy (non-hydrogen) atoms. The van der Waals surface area contributed by atoms with Gasteiger partial charge in [-0.3, -0.25) is 0 Å². The second kappa shape index (κ2) is 7.32. The second-order valence-electron chi connectivity index (χ2n) is 6.86. The van der Waals surface area contributed by atoms with Crippen molar-refractivity contribution < 1.29 is 0 Å². The fraction of sp³-hybridized carbons (Fsp3) is 0.174. The van der Waals surface area contributed by atoms with Crippen molar-refractivity contribution in [1.29, 1.82) is 10.5 Å². The lowest BCUT2D eigenvalue weighted by molar-refractivity contribution is 0.640. The van der Waals surface area contributed by atoms with Crippen molar-refractivity contribution >= 4 is 17.1 Å². The van der Waals surface area contributed by atoms with E-state index in [0.717, 1.165) is 11.3 Å². The molecule has 0 amide bonds. The molecule has 0 bridgehead atoms. The molecule has 0 atom stereocenters. The number of rotatable bonds is 3. The lowest BCUT2D eigenvalue weighted by atomic mass is 9.83. The summed E-state index contributed by atoms with van der Waals surface area (Å²) in [4.78, 5) is 6.43. The van der Waals surface area contributed by atoms with Gasteiger partial charge in [0.1, 0.15) is 12.1 Å². The number of allylic oxidation sites excluding steroid dienone is 3. The Hall–Kier alpha value is -3.63. The Labute approximate surface area is 160 Å². The van der Waals surface area contributed by atoms with Crippen LogP contribution in [0, 0.1) is 22.7 Å². The number of likely N-dealkylation sites (N-methyl/N-ethyl adjacent to an activating group) is 1. The summed E-state index contributed by atoms with van der Waals surface area (Å²) in [6.45, 7) is 4.38. The fourth-order valence-electron chi connectivity index (χ4n) is 3.46. The summed E-state index contributed by atoms with van der Waals surface area (Å²) in [7, 11) is 2.05. The van der Waals surface area contributed by atoms with Crippen LogP contribution in [0.4, 0.5) is 5.69 Å². The molecular formula is C23H20N4. The van der Waals surface area contributed by atoms with Crippen molar-refractivity contribution in [3.8, 4) is 12.1 Å². The fourth-order valence-corrected chi connectivity index (χ4v) is 3.46. The van der Waals surface area contributed by atoms with Gasteiger partial charge in [0.2, 0.25) is 5.71 Å². The Morgan fingerprint density at radius 2 is 1.63 bits per heavy atom. The molecule has 1 heterocycles. The summed E-state index contributed by atoms with van der Waals surface area (Å²) in [5.41, 5.74) is 4.71. The normalized spacial score (nSPS) is 16.4. The Kier molecular flexibility index (Phi) is 4.92. The van der Waals surface area contributed by atoms with Gasteiger partial charge in [0.15, 0.2) is 0 Å². The van der Waals surface area contributed by atoms with Crippen LogP contribution < -0.4 is 4.90 Å². The summed E-state index contributed by atoms with van der Waals surface area (Å²) in [6.07, 6.45) is 3.90. The molecular weight excluding hydrogens is 332 g/mol. The number of fused-ring (bicyclic) bond motifs is 1. The van der Waals surface area contributed by atoms with E-state index in [1.807, 2.05) is 60.7 Å². The second-order valence-corrected chi connectivity index (χ2v) is 6.86. The number of anilines is 1. The predicted octanol–water partition coefficient (Wildman–Crippen LogP) is 4.83. The highest BCUT2D eigenvalue weighted by Gasteiger charge is 2.37. The number of hydrogen-bond acceptors (Lipinski definition) is 4. The maximum Gasteiger partial charge on any atom is 0.218 e. The molecule has 0 spiro atoms. The van der Waals surface area contributed by atoms with E-state index >= 15 is 0 Å². The molecule has 4 nitrogen and oxygen atoms in total. The minimum Gasteiger partial charge on any atom is -0.347 e. The van der Waals surface area contributed by atoms with Crippen LogP contribution in [0.3, 0.4) is 0 Å². The van der Waals surface area contributed by atoms with E-state index in [1.165, 1.54) is 11.3 Å². The highest BCUT2D eigenvalue weighted by Crippen LogP contribution is 2.46. The molecule has 0 fully saturated rings. The zero-order valence-electron chi connectivity index (χ0n) is 15.6. The third-order valence-corrected chi connectivity index (χ3v) is 4.85. The summed E-state index contributed by atoms with van der Waals surface area (Å²) in [6, 6.07) is 21.6. The quantitative estimate of drug-likeness (QED) is 0.743. The number of nitrogens with zero attached hydrogens (tertiary/aromatic N) is 4. The number of benzene rings is 2. The van der Waals surface area contributed by atoms with Crippen LogP contribution >= 0.6 is 0 Å². The van der Waals surface area contributed by atoms with Gasteiger partial charge in [-0.2, -0.15) is 10.5 Å². The summed E-state index contributed by atoms with van der Waals surface area (Å²) >= 11 is 0. The monoisotopic (exact) mass is 352 g/mol. The van der Waals surface area contributed by atoms with Gasteiger partial charge in [-0.25, -0.2) is 4.99 Å². The van der Waals surface area contributed by atoms with Crippen LogP contribution in [0.25, 0.3) is 5.70 Å². The summed E-state index contributed by atoms with van der Waals surface area (Å²) < 4.78 is 0. The highest BCUT2D eigenvalue weighted by molar-refractivity contribution is 6.12. The first-order valence-corrected chi connectivity index (χ1v) is 8.69. The van der Waals surface area contributed by atoms with Crippen molar-refractivity contribution in [3.63, 3.8) is 0 Å². The minimum absolute atomic E-state index is 0.152. The molecule has 1 aliphatic heterocycles. The smallest absolute Gasteiger partial charge is 0.218 e. The largest absolute Gasteiger partial charge is 0.347 e. The van der Waals surface area contributed by atoms with Crippen molar-refractivity contribution in [2.24, 2.45) is 4.99 Å². The molecule has 0 radical (unpaired) electrons. The van der Waals surface area contributed by atoms with Gasteiger partial charge in [-0.15, -0.1) is 0 Å². The zero-order valence-corrected chi connectivity index (χ0v) is 15.6. The topological polar surface area (TPSA) is 63.2 Å². The number of nitriles is 2. The summed E-state index contributed by atoms with van der Waals surface area (Å²) in [5.74, 6) is 0. The summed E-state index contributed by atoms with van der Waals surface area (Å²) in [5, 5.41) is 18.2. The lowest BCUT2D eigenvalue weighted by Crippen LogP contribution is -2.22. The molecule has 4 heteroatoms. The SMILES string of the molecule is CN1/C(=C\C=C(/N=C(C#N)C#N)c2ccccc2)C(C)(C)c2ccccc21. The Morgan fingerprint density at radius 3 is 2.26 bits per heavy atom. The number of hydrogen-bond donors (Lipinski definition) is 0. The minimum atomic E-state index is -0.161. The molecule has 3 rings (SSSR count). The number of para-hydroxylation sites is 1. The Balaban J connectivity index is 2.11. The van der Waals surface area contributed by atoms with E-state index in [9.17, 15) is 0 Å². The predicted molar refractivity (Wildman–Crippen MR) is 109 cm³/mol. The van der Waals surface area contributed by atoms with Gasteiger partial charge in [0, 0.05) is 29.4 Å². The van der Waals surface area contributed by atoms with E-state index in [2.05, 4.69) is 49.0 Å². The van der Waals surface area contributed by atoms with Crippen LogP contribution in [0.15, 0.2) is 77.4 Å². The van der Waals surface area contributed by atoms with Gasteiger partial charge in [0.05, 0.1) is 5.70 Å². The molecule has 2 aromatic carbocycles. The first-order chi connectivity index (χ1) is 13.0. The van der Waals surface area contributed by atoms with Gasteiger partial charge in [0.25, 0.3) is 0 Å². The average molecular weight is 352 g/mol. The zero-order chi connectivity index (χ0) is 19.4. The molecule has 0 saturated heterocycles. The van der Waals surface area contributed by atoms with Crippen molar-refractivity contribution in [1.82, 2.24) is 0 Å². The third-order valence-electron chi connectivity index (χ3n) is 4.85. The van der Waals surface area contributed by atoms with Crippen LogP contribution in [0.1, 0.15) is 25.0 Å². The van der Waals surface area contributed by atoms with Gasteiger partial charge in [-0.1, -0.05) is 62.4 Å². The Morgan fingerprint density at radius 1 is 1.00 bits per heavy atom. The molecule has 1 aliphatic rings. The molecule has 0 unspecified atom stereocenters. The molecule has 132 valence electrons. The van der Waals surface area contributed by atoms with Gasteiger partial charge >= 0.3 is 0 Å². The first kappa shape index (κ1) is 18.2. The van der Waals surface area contributed by atoms with Crippen molar-refractivity contribution in [3.05, 3.63) is 83.6 Å². The van der Waals surface area contributed by atoms with Gasteiger partial charge in [-0.05, 0) is 23.8 Å².